The Labute approximate surface area is 181 Å². The number of nitro groups is 1. The summed E-state index contributed by atoms with van der Waals surface area (Å²) in [6, 6.07) is 24.8. The van der Waals surface area contributed by atoms with Gasteiger partial charge in [0.2, 0.25) is 5.13 Å². The molecule has 0 unspecified atom stereocenters. The Bertz CT molecular complexity index is 1250. The van der Waals surface area contributed by atoms with Gasteiger partial charge in [-0.3, -0.25) is 20.2 Å². The topological polar surface area (TPSA) is 98.0 Å². The fourth-order valence-electron chi connectivity index (χ4n) is 2.93. The first-order chi connectivity index (χ1) is 15.1. The van der Waals surface area contributed by atoms with Gasteiger partial charge in [0, 0.05) is 23.3 Å². The summed E-state index contributed by atoms with van der Waals surface area (Å²) in [4.78, 5) is 23.7. The van der Waals surface area contributed by atoms with Crippen molar-refractivity contribution in [2.24, 2.45) is 0 Å². The summed E-state index contributed by atoms with van der Waals surface area (Å²) >= 11 is 1.27. The second-order valence-electron chi connectivity index (χ2n) is 6.51. The fraction of sp³-hybridized carbons (Fsp3) is 0. The van der Waals surface area contributed by atoms with E-state index in [1.54, 1.807) is 30.3 Å². The number of rotatable bonds is 6. The standard InChI is InChI=1S/C23H16N4O3S/c28-21(24-23-26-25-22(31-23)18-11-5-2-6-12-18)20(17-9-3-1-4-10-17)15-16-8-7-13-19(14-16)27(29)30/h1-15H,(H,24,26,28)/b20-15+. The second kappa shape index (κ2) is 9.10. The van der Waals surface area contributed by atoms with Crippen LogP contribution in [0, 0.1) is 10.1 Å². The average Bonchev–Trinajstić information content (AvgIpc) is 3.27. The Morgan fingerprint density at radius 1 is 0.935 bits per heavy atom. The van der Waals surface area contributed by atoms with Gasteiger partial charge in [-0.1, -0.05) is 84.1 Å². The van der Waals surface area contributed by atoms with Crippen molar-refractivity contribution in [2.75, 3.05) is 5.32 Å². The highest BCUT2D eigenvalue weighted by Gasteiger charge is 2.16. The fourth-order valence-corrected chi connectivity index (χ4v) is 3.67. The van der Waals surface area contributed by atoms with Crippen LogP contribution in [0.3, 0.4) is 0 Å². The van der Waals surface area contributed by atoms with Crippen LogP contribution in [0.25, 0.3) is 22.2 Å². The predicted molar refractivity (Wildman–Crippen MR) is 121 cm³/mol. The molecule has 0 saturated carbocycles. The molecular formula is C23H16N4O3S. The van der Waals surface area contributed by atoms with Gasteiger partial charge in [0.15, 0.2) is 0 Å². The molecule has 0 aliphatic carbocycles. The van der Waals surface area contributed by atoms with E-state index in [1.165, 1.54) is 23.5 Å². The minimum Gasteiger partial charge on any atom is -0.296 e. The Morgan fingerprint density at radius 3 is 2.35 bits per heavy atom. The van der Waals surface area contributed by atoms with Crippen LogP contribution in [0.4, 0.5) is 10.8 Å². The zero-order valence-electron chi connectivity index (χ0n) is 16.1. The quantitative estimate of drug-likeness (QED) is 0.195. The highest BCUT2D eigenvalue weighted by Crippen LogP contribution is 2.28. The van der Waals surface area contributed by atoms with E-state index < -0.39 is 4.92 Å². The number of nitro benzene ring substituents is 1. The number of nitrogens with one attached hydrogen (secondary N) is 1. The molecule has 8 heteroatoms. The van der Waals surface area contributed by atoms with E-state index in [2.05, 4.69) is 15.5 Å². The number of hydrogen-bond donors (Lipinski definition) is 1. The number of carbonyl (C=O) groups excluding carboxylic acids is 1. The molecule has 0 aliphatic heterocycles. The largest absolute Gasteiger partial charge is 0.296 e. The third-order valence-electron chi connectivity index (χ3n) is 4.39. The van der Waals surface area contributed by atoms with Crippen LogP contribution in [0.2, 0.25) is 0 Å². The van der Waals surface area contributed by atoms with E-state index in [1.807, 2.05) is 48.5 Å². The molecule has 1 N–H and O–H groups in total. The van der Waals surface area contributed by atoms with Crippen molar-refractivity contribution >= 4 is 39.7 Å². The number of amides is 1. The lowest BCUT2D eigenvalue weighted by Gasteiger charge is -2.08. The van der Waals surface area contributed by atoms with Crippen molar-refractivity contribution in [2.45, 2.75) is 0 Å². The lowest BCUT2D eigenvalue weighted by atomic mass is 10.0. The van der Waals surface area contributed by atoms with Gasteiger partial charge in [0.1, 0.15) is 5.01 Å². The summed E-state index contributed by atoms with van der Waals surface area (Å²) in [5.74, 6) is -0.381. The lowest BCUT2D eigenvalue weighted by Crippen LogP contribution is -2.13. The number of nitrogens with zero attached hydrogens (tertiary/aromatic N) is 3. The molecule has 0 radical (unpaired) electrons. The molecule has 1 amide bonds. The summed E-state index contributed by atoms with van der Waals surface area (Å²) in [6.45, 7) is 0. The van der Waals surface area contributed by atoms with Crippen molar-refractivity contribution in [3.63, 3.8) is 0 Å². The molecule has 31 heavy (non-hydrogen) atoms. The number of aromatic nitrogens is 2. The minimum atomic E-state index is -0.466. The highest BCUT2D eigenvalue weighted by atomic mass is 32.1. The Hall–Kier alpha value is -4.17. The van der Waals surface area contributed by atoms with Gasteiger partial charge in [-0.05, 0) is 17.2 Å². The van der Waals surface area contributed by atoms with E-state index in [-0.39, 0.29) is 11.6 Å². The van der Waals surface area contributed by atoms with Crippen LogP contribution in [-0.2, 0) is 4.79 Å². The van der Waals surface area contributed by atoms with Gasteiger partial charge < -0.3 is 0 Å². The molecule has 0 fully saturated rings. The van der Waals surface area contributed by atoms with Gasteiger partial charge in [-0.25, -0.2) is 0 Å². The van der Waals surface area contributed by atoms with E-state index in [0.29, 0.717) is 26.8 Å². The molecule has 0 spiro atoms. The molecule has 3 aromatic carbocycles. The zero-order chi connectivity index (χ0) is 21.6. The maximum atomic E-state index is 13.1. The molecular weight excluding hydrogens is 412 g/mol. The molecule has 4 rings (SSSR count). The summed E-state index contributed by atoms with van der Waals surface area (Å²) < 4.78 is 0. The first kappa shape index (κ1) is 20.1. The minimum absolute atomic E-state index is 0.0433. The van der Waals surface area contributed by atoms with Crippen LogP contribution >= 0.6 is 11.3 Å². The first-order valence-electron chi connectivity index (χ1n) is 9.32. The number of anilines is 1. The Morgan fingerprint density at radius 2 is 1.65 bits per heavy atom. The van der Waals surface area contributed by atoms with E-state index in [4.69, 9.17) is 0 Å². The maximum Gasteiger partial charge on any atom is 0.270 e. The van der Waals surface area contributed by atoms with Gasteiger partial charge in [0.25, 0.3) is 11.6 Å². The third-order valence-corrected chi connectivity index (χ3v) is 5.28. The van der Waals surface area contributed by atoms with Crippen LogP contribution < -0.4 is 5.32 Å². The third kappa shape index (κ3) is 4.88. The van der Waals surface area contributed by atoms with Crippen molar-refractivity contribution in [1.82, 2.24) is 10.2 Å². The van der Waals surface area contributed by atoms with Crippen molar-refractivity contribution < 1.29 is 9.72 Å². The van der Waals surface area contributed by atoms with E-state index >= 15 is 0 Å². The summed E-state index contributed by atoms with van der Waals surface area (Å²) in [7, 11) is 0. The van der Waals surface area contributed by atoms with Crippen LogP contribution in [-0.4, -0.2) is 21.0 Å². The summed E-state index contributed by atoms with van der Waals surface area (Å²) in [6.07, 6.45) is 1.62. The van der Waals surface area contributed by atoms with Gasteiger partial charge in [0.05, 0.1) is 4.92 Å². The van der Waals surface area contributed by atoms with Crippen LogP contribution in [0.15, 0.2) is 84.9 Å². The van der Waals surface area contributed by atoms with Crippen molar-refractivity contribution in [3.05, 3.63) is 106 Å². The Balaban J connectivity index is 1.65. The lowest BCUT2D eigenvalue weighted by molar-refractivity contribution is -0.384. The van der Waals surface area contributed by atoms with Crippen molar-refractivity contribution in [1.29, 1.82) is 0 Å². The second-order valence-corrected chi connectivity index (χ2v) is 7.49. The SMILES string of the molecule is O=C(Nc1nnc(-c2ccccc2)s1)/C(=C/c1cccc([N+](=O)[O-])c1)c1ccccc1. The first-order valence-corrected chi connectivity index (χ1v) is 10.1. The average molecular weight is 428 g/mol. The Kier molecular flexibility index (Phi) is 5.91. The number of hydrogen-bond acceptors (Lipinski definition) is 6. The van der Waals surface area contributed by atoms with E-state index in [9.17, 15) is 14.9 Å². The van der Waals surface area contributed by atoms with E-state index in [0.717, 1.165) is 5.56 Å². The molecule has 1 heterocycles. The highest BCUT2D eigenvalue weighted by molar-refractivity contribution is 7.18. The maximum absolute atomic E-state index is 13.1. The summed E-state index contributed by atoms with van der Waals surface area (Å²) in [5.41, 5.74) is 2.46. The molecule has 0 saturated heterocycles. The molecule has 152 valence electrons. The number of carbonyl (C=O) groups is 1. The zero-order valence-corrected chi connectivity index (χ0v) is 17.0. The number of benzene rings is 3. The van der Waals surface area contributed by atoms with Crippen LogP contribution in [0.5, 0.6) is 0 Å². The monoisotopic (exact) mass is 428 g/mol. The van der Waals surface area contributed by atoms with Crippen molar-refractivity contribution in [3.8, 4) is 10.6 Å². The molecule has 7 nitrogen and oxygen atoms in total. The smallest absolute Gasteiger partial charge is 0.270 e. The van der Waals surface area contributed by atoms with Gasteiger partial charge in [-0.15, -0.1) is 10.2 Å². The molecule has 0 bridgehead atoms. The molecule has 1 aromatic heterocycles. The van der Waals surface area contributed by atoms with Gasteiger partial charge in [-0.2, -0.15) is 0 Å². The number of non-ortho nitro benzene ring substituents is 1. The summed E-state index contributed by atoms with van der Waals surface area (Å²) in [5, 5.41) is 23.2. The molecule has 0 atom stereocenters. The normalized spacial score (nSPS) is 11.2. The molecule has 4 aromatic rings. The van der Waals surface area contributed by atoms with Gasteiger partial charge >= 0.3 is 0 Å². The molecule has 0 aliphatic rings. The van der Waals surface area contributed by atoms with Crippen LogP contribution in [0.1, 0.15) is 11.1 Å². The predicted octanol–water partition coefficient (Wildman–Crippen LogP) is 5.29.